The summed E-state index contributed by atoms with van der Waals surface area (Å²) in [6.07, 6.45) is 1.43. The number of hydrogen-bond acceptors (Lipinski definition) is 2. The summed E-state index contributed by atoms with van der Waals surface area (Å²) in [7, 11) is 0. The van der Waals surface area contributed by atoms with Crippen LogP contribution in [0.3, 0.4) is 0 Å². The van der Waals surface area contributed by atoms with Crippen molar-refractivity contribution in [2.45, 2.75) is 22.6 Å². The lowest BCUT2D eigenvalue weighted by Crippen LogP contribution is -2.43. The molecule has 1 aliphatic heterocycles. The first kappa shape index (κ1) is 15.8. The van der Waals surface area contributed by atoms with Crippen LogP contribution in [0.1, 0.15) is 24.6 Å². The molecule has 118 valence electrons. The van der Waals surface area contributed by atoms with E-state index in [2.05, 4.69) is 9.97 Å². The minimum Gasteiger partial charge on any atom is -0.342 e. The number of benzene rings is 1. The number of imidazole rings is 1. The molecule has 0 bridgehead atoms. The number of likely N-dealkylation sites (tertiary alicyclic amines) is 1. The molecule has 2 aromatic rings. The van der Waals surface area contributed by atoms with Crippen molar-refractivity contribution in [2.24, 2.45) is 0 Å². The number of rotatable bonds is 1. The Kier molecular flexibility index (Phi) is 4.23. The van der Waals surface area contributed by atoms with Gasteiger partial charge in [0.25, 0.3) is 9.70 Å². The van der Waals surface area contributed by atoms with Crippen LogP contribution in [0.15, 0.2) is 18.2 Å². The highest BCUT2D eigenvalue weighted by atomic mass is 35.6. The number of halogens is 4. The van der Waals surface area contributed by atoms with Crippen LogP contribution >= 0.6 is 34.8 Å². The summed E-state index contributed by atoms with van der Waals surface area (Å²) in [6.45, 7) is 1.01. The number of H-pyrrole nitrogens is 1. The SMILES string of the molecule is O=C(N1CCC(c2nc3ccc(F)cc3[nH]2)CC1)C(Cl)(Cl)Cl. The summed E-state index contributed by atoms with van der Waals surface area (Å²) in [5.74, 6) is 0.185. The van der Waals surface area contributed by atoms with E-state index in [-0.39, 0.29) is 11.7 Å². The number of aromatic amines is 1. The molecule has 0 spiro atoms. The molecule has 22 heavy (non-hydrogen) atoms. The third kappa shape index (κ3) is 3.16. The Bertz CT molecular complexity index is 705. The number of carbonyl (C=O) groups is 1. The molecule has 1 aromatic carbocycles. The Balaban J connectivity index is 1.71. The summed E-state index contributed by atoms with van der Waals surface area (Å²) in [6, 6.07) is 4.45. The molecule has 0 saturated carbocycles. The molecule has 0 atom stereocenters. The predicted molar refractivity (Wildman–Crippen MR) is 84.9 cm³/mol. The van der Waals surface area contributed by atoms with Crippen molar-refractivity contribution in [3.63, 3.8) is 0 Å². The molecule has 1 saturated heterocycles. The van der Waals surface area contributed by atoms with Gasteiger partial charge in [-0.3, -0.25) is 4.79 Å². The Labute approximate surface area is 141 Å². The maximum Gasteiger partial charge on any atom is 0.274 e. The van der Waals surface area contributed by atoms with Gasteiger partial charge in [0.1, 0.15) is 11.6 Å². The number of amides is 1. The minimum atomic E-state index is -1.91. The highest BCUT2D eigenvalue weighted by molar-refractivity contribution is 6.76. The molecule has 4 nitrogen and oxygen atoms in total. The average molecular weight is 365 g/mol. The molecule has 1 fully saturated rings. The van der Waals surface area contributed by atoms with Gasteiger partial charge in [0.05, 0.1) is 11.0 Å². The maximum absolute atomic E-state index is 13.2. The number of nitrogens with zero attached hydrogens (tertiary/aromatic N) is 2. The van der Waals surface area contributed by atoms with Crippen molar-refractivity contribution in [3.8, 4) is 0 Å². The van der Waals surface area contributed by atoms with E-state index in [9.17, 15) is 9.18 Å². The van der Waals surface area contributed by atoms with Crippen LogP contribution in [0.2, 0.25) is 0 Å². The second-order valence-electron chi connectivity index (χ2n) is 5.35. The number of aromatic nitrogens is 2. The zero-order chi connectivity index (χ0) is 15.9. The number of fused-ring (bicyclic) bond motifs is 1. The molecule has 1 N–H and O–H groups in total. The van der Waals surface area contributed by atoms with Gasteiger partial charge in [-0.15, -0.1) is 0 Å². The summed E-state index contributed by atoms with van der Waals surface area (Å²) >= 11 is 16.9. The summed E-state index contributed by atoms with van der Waals surface area (Å²) in [5.41, 5.74) is 1.41. The van der Waals surface area contributed by atoms with E-state index in [1.165, 1.54) is 12.1 Å². The van der Waals surface area contributed by atoms with Crippen molar-refractivity contribution in [1.29, 1.82) is 0 Å². The normalized spacial score (nSPS) is 17.2. The van der Waals surface area contributed by atoms with Gasteiger partial charge < -0.3 is 9.88 Å². The first-order chi connectivity index (χ1) is 10.3. The standard InChI is InChI=1S/C14H13Cl3FN3O/c15-14(16,17)13(22)21-5-3-8(4-6-21)12-19-10-2-1-9(18)7-11(10)20-12/h1-2,7-8H,3-6H2,(H,19,20). The highest BCUT2D eigenvalue weighted by Gasteiger charge is 2.37. The van der Waals surface area contributed by atoms with Crippen molar-refractivity contribution < 1.29 is 9.18 Å². The molecular weight excluding hydrogens is 352 g/mol. The van der Waals surface area contributed by atoms with Crippen LogP contribution in [-0.4, -0.2) is 37.7 Å². The smallest absolute Gasteiger partial charge is 0.274 e. The van der Waals surface area contributed by atoms with E-state index in [1.807, 2.05) is 0 Å². The van der Waals surface area contributed by atoms with Gasteiger partial charge in [-0.2, -0.15) is 0 Å². The Hall–Kier alpha value is -1.04. The lowest BCUT2D eigenvalue weighted by molar-refractivity contribution is -0.131. The van der Waals surface area contributed by atoms with E-state index in [1.54, 1.807) is 11.0 Å². The van der Waals surface area contributed by atoms with Gasteiger partial charge in [0, 0.05) is 19.0 Å². The Morgan fingerprint density at radius 1 is 1.32 bits per heavy atom. The molecule has 0 aliphatic carbocycles. The van der Waals surface area contributed by atoms with Crippen molar-refractivity contribution in [2.75, 3.05) is 13.1 Å². The van der Waals surface area contributed by atoms with Crippen molar-refractivity contribution >= 4 is 51.7 Å². The monoisotopic (exact) mass is 363 g/mol. The third-order valence-corrected chi connectivity index (χ3v) is 4.36. The predicted octanol–water partition coefficient (Wildman–Crippen LogP) is 3.78. The lowest BCUT2D eigenvalue weighted by Gasteiger charge is -2.32. The number of hydrogen-bond donors (Lipinski definition) is 1. The van der Waals surface area contributed by atoms with Gasteiger partial charge in [0.15, 0.2) is 0 Å². The topological polar surface area (TPSA) is 49.0 Å². The quantitative estimate of drug-likeness (QED) is 0.783. The third-order valence-electron chi connectivity index (χ3n) is 3.87. The fourth-order valence-electron chi connectivity index (χ4n) is 2.73. The fourth-order valence-corrected chi connectivity index (χ4v) is 3.09. The Morgan fingerprint density at radius 2 is 2.00 bits per heavy atom. The number of alkyl halides is 3. The van der Waals surface area contributed by atoms with Gasteiger partial charge >= 0.3 is 0 Å². The number of nitrogens with one attached hydrogen (secondary N) is 1. The molecule has 2 heterocycles. The summed E-state index contributed by atoms with van der Waals surface area (Å²) < 4.78 is 11.3. The molecule has 1 aromatic heterocycles. The van der Waals surface area contributed by atoms with Crippen LogP contribution in [-0.2, 0) is 4.79 Å². The molecule has 3 rings (SSSR count). The highest BCUT2D eigenvalue weighted by Crippen LogP contribution is 2.33. The van der Waals surface area contributed by atoms with E-state index in [0.717, 1.165) is 24.2 Å². The molecule has 8 heteroatoms. The molecular formula is C14H13Cl3FN3O. The van der Waals surface area contributed by atoms with Crippen molar-refractivity contribution in [1.82, 2.24) is 14.9 Å². The molecule has 0 unspecified atom stereocenters. The van der Waals surface area contributed by atoms with Crippen LogP contribution in [0, 0.1) is 5.82 Å². The molecule has 1 amide bonds. The lowest BCUT2D eigenvalue weighted by atomic mass is 9.96. The largest absolute Gasteiger partial charge is 0.342 e. The van der Waals surface area contributed by atoms with E-state index >= 15 is 0 Å². The molecule has 0 radical (unpaired) electrons. The minimum absolute atomic E-state index is 0.176. The van der Waals surface area contributed by atoms with Gasteiger partial charge in [-0.1, -0.05) is 34.8 Å². The number of piperidine rings is 1. The maximum atomic E-state index is 13.2. The van der Waals surface area contributed by atoms with Crippen LogP contribution < -0.4 is 0 Å². The first-order valence-corrected chi connectivity index (χ1v) is 7.99. The zero-order valence-electron chi connectivity index (χ0n) is 11.5. The Morgan fingerprint density at radius 3 is 2.64 bits per heavy atom. The first-order valence-electron chi connectivity index (χ1n) is 6.86. The summed E-state index contributed by atoms with van der Waals surface area (Å²) in [4.78, 5) is 21.1. The fraction of sp³-hybridized carbons (Fsp3) is 0.429. The summed E-state index contributed by atoms with van der Waals surface area (Å²) in [5, 5.41) is 0. The van der Waals surface area contributed by atoms with Crippen LogP contribution in [0.5, 0.6) is 0 Å². The van der Waals surface area contributed by atoms with E-state index < -0.39 is 9.70 Å². The van der Waals surface area contributed by atoms with Crippen LogP contribution in [0.4, 0.5) is 4.39 Å². The van der Waals surface area contributed by atoms with Gasteiger partial charge in [-0.25, -0.2) is 9.37 Å². The van der Waals surface area contributed by atoms with Crippen LogP contribution in [0.25, 0.3) is 11.0 Å². The second-order valence-corrected chi connectivity index (χ2v) is 7.63. The zero-order valence-corrected chi connectivity index (χ0v) is 13.7. The van der Waals surface area contributed by atoms with Crippen molar-refractivity contribution in [3.05, 3.63) is 29.8 Å². The van der Waals surface area contributed by atoms with Gasteiger partial charge in [-0.05, 0) is 31.0 Å². The molecule has 1 aliphatic rings. The van der Waals surface area contributed by atoms with E-state index in [0.29, 0.717) is 18.6 Å². The second kappa shape index (κ2) is 5.87. The van der Waals surface area contributed by atoms with E-state index in [4.69, 9.17) is 34.8 Å². The van der Waals surface area contributed by atoms with Gasteiger partial charge in [0.2, 0.25) is 0 Å². The number of carbonyl (C=O) groups excluding carboxylic acids is 1. The average Bonchev–Trinajstić information content (AvgIpc) is 2.88.